The molecule has 13 heteroatoms. The number of alkyl halides is 3. The maximum absolute atomic E-state index is 12.4. The normalized spacial score (nSPS) is 19.2. The van der Waals surface area contributed by atoms with Crippen LogP contribution in [0.5, 0.6) is 17.5 Å². The van der Waals surface area contributed by atoms with E-state index in [0.29, 0.717) is 18.2 Å². The van der Waals surface area contributed by atoms with Crippen molar-refractivity contribution in [3.8, 4) is 17.5 Å². The number of nitro groups is 1. The zero-order chi connectivity index (χ0) is 28.5. The monoisotopic (exact) mass is 561 g/mol. The Labute approximate surface area is 229 Å². The summed E-state index contributed by atoms with van der Waals surface area (Å²) in [6, 6.07) is 14.1. The minimum Gasteiger partial charge on any atom is -0.489 e. The van der Waals surface area contributed by atoms with Gasteiger partial charge < -0.3 is 34.1 Å². The lowest BCUT2D eigenvalue weighted by atomic mass is 9.95. The fourth-order valence-corrected chi connectivity index (χ4v) is 5.11. The molecule has 5 rings (SSSR count). The largest absolute Gasteiger partial charge is 0.573 e. The van der Waals surface area contributed by atoms with Gasteiger partial charge in [0, 0.05) is 43.0 Å². The molecule has 1 aromatic heterocycles. The molecule has 1 fully saturated rings. The van der Waals surface area contributed by atoms with Gasteiger partial charge in [-0.15, -0.1) is 13.2 Å². The van der Waals surface area contributed by atoms with Crippen molar-refractivity contribution in [2.75, 3.05) is 43.1 Å². The second-order valence-corrected chi connectivity index (χ2v) is 10.5. The minimum absolute atomic E-state index is 0.216. The number of halogens is 3. The third-order valence-corrected chi connectivity index (χ3v) is 7.16. The van der Waals surface area contributed by atoms with Crippen LogP contribution in [0.1, 0.15) is 19.8 Å². The van der Waals surface area contributed by atoms with Gasteiger partial charge in [0.1, 0.15) is 24.3 Å². The number of rotatable bonds is 9. The van der Waals surface area contributed by atoms with E-state index in [1.807, 2.05) is 31.2 Å². The summed E-state index contributed by atoms with van der Waals surface area (Å²) >= 11 is 0. The van der Waals surface area contributed by atoms with E-state index in [9.17, 15) is 23.3 Å². The molecule has 214 valence electrons. The molecule has 3 aromatic rings. The van der Waals surface area contributed by atoms with E-state index in [1.165, 1.54) is 18.3 Å². The van der Waals surface area contributed by atoms with Crippen LogP contribution >= 0.6 is 0 Å². The highest BCUT2D eigenvalue weighted by atomic mass is 19.4. The molecule has 0 spiro atoms. The summed E-state index contributed by atoms with van der Waals surface area (Å²) in [5.41, 5.74) is 1.27. The lowest BCUT2D eigenvalue weighted by Crippen LogP contribution is -2.38. The summed E-state index contributed by atoms with van der Waals surface area (Å²) in [6.07, 6.45) is -1.37. The summed E-state index contributed by atoms with van der Waals surface area (Å²) in [5, 5.41) is 10.9. The van der Waals surface area contributed by atoms with Crippen molar-refractivity contribution in [1.29, 1.82) is 0 Å². The molecule has 2 aromatic carbocycles. The molecule has 0 saturated carbocycles. The SMILES string of the molecule is CN(CC1CCN(c2ccc(OC(F)(F)F)cc2)CC1)c1ccc(OCC2(C)Cn3cc([N+](=O)[O-])nc3O2)cc1. The molecule has 1 unspecified atom stereocenters. The predicted molar refractivity (Wildman–Crippen MR) is 141 cm³/mol. The topological polar surface area (TPSA) is 95.1 Å². The molecule has 2 aliphatic heterocycles. The number of imidazole rings is 1. The fourth-order valence-electron chi connectivity index (χ4n) is 5.11. The fraction of sp³-hybridized carbons (Fsp3) is 0.444. The van der Waals surface area contributed by atoms with E-state index in [0.717, 1.165) is 43.9 Å². The zero-order valence-corrected chi connectivity index (χ0v) is 22.1. The Bertz CT molecular complexity index is 1300. The lowest BCUT2D eigenvalue weighted by Gasteiger charge is -2.35. The molecule has 0 amide bonds. The summed E-state index contributed by atoms with van der Waals surface area (Å²) in [6.45, 7) is 5.09. The number of benzene rings is 2. The summed E-state index contributed by atoms with van der Waals surface area (Å²) < 4.78 is 54.5. The number of hydrogen-bond donors (Lipinski definition) is 0. The second kappa shape index (κ2) is 10.8. The Balaban J connectivity index is 1.06. The van der Waals surface area contributed by atoms with Crippen molar-refractivity contribution in [2.24, 2.45) is 5.92 Å². The molecule has 3 heterocycles. The van der Waals surface area contributed by atoms with Crippen LogP contribution in [0.2, 0.25) is 0 Å². The average molecular weight is 562 g/mol. The number of fused-ring (bicyclic) bond motifs is 1. The van der Waals surface area contributed by atoms with E-state index in [2.05, 4.69) is 26.6 Å². The van der Waals surface area contributed by atoms with Gasteiger partial charge in [-0.25, -0.2) is 0 Å². The average Bonchev–Trinajstić information content (AvgIpc) is 3.43. The van der Waals surface area contributed by atoms with Crippen LogP contribution in [0.4, 0.5) is 30.4 Å². The standard InChI is InChI=1S/C27H30F3N5O5/c1-26(17-34-16-24(35(36)37)31-25(34)40-26)18-38-22-7-3-20(4-8-22)32(2)15-19-11-13-33(14-12-19)21-5-9-23(10-6-21)39-27(28,29)30/h3-10,16,19H,11-15,17-18H2,1-2H3. The maximum atomic E-state index is 12.4. The smallest absolute Gasteiger partial charge is 0.489 e. The van der Waals surface area contributed by atoms with Crippen molar-refractivity contribution < 1.29 is 32.3 Å². The molecular weight excluding hydrogens is 531 g/mol. The van der Waals surface area contributed by atoms with Crippen molar-refractivity contribution >= 4 is 17.2 Å². The van der Waals surface area contributed by atoms with Crippen LogP contribution in [0.3, 0.4) is 0 Å². The third-order valence-electron chi connectivity index (χ3n) is 7.16. The van der Waals surface area contributed by atoms with Crippen molar-refractivity contribution in [2.45, 2.75) is 38.3 Å². The Kier molecular flexibility index (Phi) is 7.39. The Morgan fingerprint density at radius 1 is 1.12 bits per heavy atom. The van der Waals surface area contributed by atoms with Crippen LogP contribution < -0.4 is 24.0 Å². The number of ether oxygens (including phenoxy) is 3. The van der Waals surface area contributed by atoms with Gasteiger partial charge in [-0.05, 0) is 79.1 Å². The molecule has 1 atom stereocenters. The Morgan fingerprint density at radius 2 is 1.77 bits per heavy atom. The molecule has 40 heavy (non-hydrogen) atoms. The summed E-state index contributed by atoms with van der Waals surface area (Å²) in [4.78, 5) is 18.6. The van der Waals surface area contributed by atoms with Crippen molar-refractivity contribution in [3.63, 3.8) is 0 Å². The second-order valence-electron chi connectivity index (χ2n) is 10.5. The van der Waals surface area contributed by atoms with E-state index >= 15 is 0 Å². The summed E-state index contributed by atoms with van der Waals surface area (Å²) in [5.74, 6) is 0.729. The molecular formula is C27H30F3N5O5. The van der Waals surface area contributed by atoms with E-state index in [4.69, 9.17) is 9.47 Å². The van der Waals surface area contributed by atoms with Crippen molar-refractivity contribution in [3.05, 3.63) is 64.8 Å². The number of piperidine rings is 1. The highest BCUT2D eigenvalue weighted by Gasteiger charge is 2.41. The number of nitrogens with zero attached hydrogens (tertiary/aromatic N) is 5. The van der Waals surface area contributed by atoms with Gasteiger partial charge in [-0.3, -0.25) is 4.57 Å². The highest BCUT2D eigenvalue weighted by Crippen LogP contribution is 2.32. The first-order chi connectivity index (χ1) is 19.0. The van der Waals surface area contributed by atoms with Gasteiger partial charge in [0.25, 0.3) is 0 Å². The van der Waals surface area contributed by atoms with Crippen LogP contribution in [0.15, 0.2) is 54.7 Å². The van der Waals surface area contributed by atoms with Crippen LogP contribution in [-0.4, -0.2) is 59.7 Å². The first kappa shape index (κ1) is 27.4. The first-order valence-electron chi connectivity index (χ1n) is 12.9. The number of anilines is 2. The lowest BCUT2D eigenvalue weighted by molar-refractivity contribution is -0.389. The molecule has 2 aliphatic rings. The quantitative estimate of drug-likeness (QED) is 0.258. The van der Waals surface area contributed by atoms with Gasteiger partial charge in [-0.2, -0.15) is 0 Å². The minimum atomic E-state index is -4.69. The number of aromatic nitrogens is 2. The van der Waals surface area contributed by atoms with E-state index in [1.54, 1.807) is 16.7 Å². The van der Waals surface area contributed by atoms with E-state index < -0.39 is 16.9 Å². The van der Waals surface area contributed by atoms with Gasteiger partial charge in [0.05, 0.1) is 6.54 Å². The Morgan fingerprint density at radius 3 is 2.38 bits per heavy atom. The van der Waals surface area contributed by atoms with Gasteiger partial charge in [0.15, 0.2) is 5.60 Å². The zero-order valence-electron chi connectivity index (χ0n) is 22.1. The summed E-state index contributed by atoms with van der Waals surface area (Å²) in [7, 11) is 2.05. The molecule has 0 aliphatic carbocycles. The molecule has 0 radical (unpaired) electrons. The molecule has 1 saturated heterocycles. The van der Waals surface area contributed by atoms with Gasteiger partial charge in [-0.1, -0.05) is 0 Å². The molecule has 0 bridgehead atoms. The van der Waals surface area contributed by atoms with E-state index in [-0.39, 0.29) is 24.2 Å². The number of hydrogen-bond acceptors (Lipinski definition) is 8. The maximum Gasteiger partial charge on any atom is 0.573 e. The Hall–Kier alpha value is -4.16. The van der Waals surface area contributed by atoms with Crippen LogP contribution in [0, 0.1) is 16.0 Å². The predicted octanol–water partition coefficient (Wildman–Crippen LogP) is 5.27. The van der Waals surface area contributed by atoms with Gasteiger partial charge >= 0.3 is 18.2 Å². The molecule has 10 nitrogen and oxygen atoms in total. The molecule has 0 N–H and O–H groups in total. The first-order valence-corrected chi connectivity index (χ1v) is 12.9. The van der Waals surface area contributed by atoms with Crippen LogP contribution in [0.25, 0.3) is 0 Å². The van der Waals surface area contributed by atoms with Crippen LogP contribution in [-0.2, 0) is 6.54 Å². The van der Waals surface area contributed by atoms with Gasteiger partial charge in [0.2, 0.25) is 0 Å². The van der Waals surface area contributed by atoms with Crippen molar-refractivity contribution in [1.82, 2.24) is 9.55 Å². The highest BCUT2D eigenvalue weighted by molar-refractivity contribution is 5.50. The third kappa shape index (κ3) is 6.52.